The Morgan fingerprint density at radius 1 is 1.47 bits per heavy atom. The van der Waals surface area contributed by atoms with Gasteiger partial charge in [0.05, 0.1) is 14.1 Å². The zero-order valence-corrected chi connectivity index (χ0v) is 15.7. The molecule has 0 aromatic carbocycles. The number of halogens is 3. The molecule has 0 aliphatic rings. The van der Waals surface area contributed by atoms with E-state index in [0.29, 0.717) is 0 Å². The van der Waals surface area contributed by atoms with Crippen molar-refractivity contribution in [3.63, 3.8) is 0 Å². The van der Waals surface area contributed by atoms with Gasteiger partial charge in [-0.05, 0) is 51.0 Å². The van der Waals surface area contributed by atoms with Crippen LogP contribution in [0, 0.1) is 3.57 Å². The zero-order valence-electron chi connectivity index (χ0n) is 10.4. The summed E-state index contributed by atoms with van der Waals surface area (Å²) in [6.45, 7) is 2.15. The van der Waals surface area contributed by atoms with Crippen molar-refractivity contribution in [3.05, 3.63) is 24.1 Å². The van der Waals surface area contributed by atoms with Gasteiger partial charge in [-0.1, -0.05) is 24.9 Å². The van der Waals surface area contributed by atoms with Crippen molar-refractivity contribution in [3.8, 4) is 10.7 Å². The summed E-state index contributed by atoms with van der Waals surface area (Å²) in [6.07, 6.45) is 2.01. The highest BCUT2D eigenvalue weighted by Gasteiger charge is 2.15. The molecule has 0 atom stereocenters. The van der Waals surface area contributed by atoms with Crippen LogP contribution in [0.3, 0.4) is 0 Å². The molecule has 3 nitrogen and oxygen atoms in total. The third kappa shape index (κ3) is 3.40. The van der Waals surface area contributed by atoms with Gasteiger partial charge in [0.2, 0.25) is 0 Å². The molecule has 2 aromatic rings. The molecule has 0 saturated carbocycles. The van der Waals surface area contributed by atoms with E-state index in [1.807, 2.05) is 13.1 Å². The zero-order chi connectivity index (χ0) is 14.0. The van der Waals surface area contributed by atoms with Crippen molar-refractivity contribution < 1.29 is 0 Å². The number of nitrogens with one attached hydrogen (secondary N) is 1. The Balaban J connectivity index is 2.54. The van der Waals surface area contributed by atoms with Gasteiger partial charge in [0.1, 0.15) is 10.2 Å². The predicted molar refractivity (Wildman–Crippen MR) is 94.3 cm³/mol. The second-order valence-corrected chi connectivity index (χ2v) is 7.48. The maximum absolute atomic E-state index is 6.08. The second kappa shape index (κ2) is 6.69. The van der Waals surface area contributed by atoms with Crippen LogP contribution < -0.4 is 5.32 Å². The van der Waals surface area contributed by atoms with Crippen molar-refractivity contribution in [1.82, 2.24) is 9.97 Å². The summed E-state index contributed by atoms with van der Waals surface area (Å²) in [6, 6.07) is 1.96. The number of hydrogen-bond acceptors (Lipinski definition) is 4. The highest BCUT2D eigenvalue weighted by Crippen LogP contribution is 2.37. The van der Waals surface area contributed by atoms with E-state index >= 15 is 0 Å². The normalized spacial score (nSPS) is 10.8. The molecule has 19 heavy (non-hydrogen) atoms. The molecule has 0 spiro atoms. The number of aryl methyl sites for hydroxylation is 1. The molecule has 7 heteroatoms. The van der Waals surface area contributed by atoms with Crippen LogP contribution in [0.25, 0.3) is 10.7 Å². The highest BCUT2D eigenvalue weighted by atomic mass is 127. The monoisotopic (exact) mass is 471 g/mol. The molecule has 0 unspecified atom stereocenters. The van der Waals surface area contributed by atoms with Crippen LogP contribution in [-0.2, 0) is 6.42 Å². The van der Waals surface area contributed by atoms with E-state index < -0.39 is 0 Å². The Hall–Kier alpha value is 0.0800. The highest BCUT2D eigenvalue weighted by molar-refractivity contribution is 14.1. The summed E-state index contributed by atoms with van der Waals surface area (Å²) < 4.78 is 2.70. The first-order valence-electron chi connectivity index (χ1n) is 5.76. The SMILES string of the molecule is CCCc1nc(-c2cc(Br)c(Cl)s2)nc(NC)c1I. The van der Waals surface area contributed by atoms with E-state index in [-0.39, 0.29) is 0 Å². The van der Waals surface area contributed by atoms with Gasteiger partial charge in [0, 0.05) is 11.5 Å². The summed E-state index contributed by atoms with van der Waals surface area (Å²) in [5.41, 5.74) is 1.08. The largest absolute Gasteiger partial charge is 0.372 e. The number of aromatic nitrogens is 2. The Labute approximate surface area is 143 Å². The lowest BCUT2D eigenvalue weighted by Gasteiger charge is -2.09. The molecule has 102 valence electrons. The van der Waals surface area contributed by atoms with Gasteiger partial charge in [0.25, 0.3) is 0 Å². The summed E-state index contributed by atoms with van der Waals surface area (Å²) in [5, 5.41) is 3.13. The number of rotatable bonds is 4. The fourth-order valence-electron chi connectivity index (χ4n) is 1.63. The number of thiophene rings is 1. The minimum atomic E-state index is 0.722. The summed E-state index contributed by atoms with van der Waals surface area (Å²) in [7, 11) is 1.88. The van der Waals surface area contributed by atoms with Gasteiger partial charge in [0.15, 0.2) is 5.82 Å². The minimum Gasteiger partial charge on any atom is -0.372 e. The van der Waals surface area contributed by atoms with Crippen LogP contribution >= 0.6 is 61.5 Å². The van der Waals surface area contributed by atoms with Crippen LogP contribution in [0.1, 0.15) is 19.0 Å². The van der Waals surface area contributed by atoms with Crippen molar-refractivity contribution in [2.45, 2.75) is 19.8 Å². The van der Waals surface area contributed by atoms with Gasteiger partial charge in [-0.3, -0.25) is 0 Å². The molecule has 0 amide bonds. The van der Waals surface area contributed by atoms with E-state index in [1.54, 1.807) is 0 Å². The Kier molecular flexibility index (Phi) is 5.45. The van der Waals surface area contributed by atoms with Crippen LogP contribution in [0.5, 0.6) is 0 Å². The lowest BCUT2D eigenvalue weighted by atomic mass is 10.2. The fraction of sp³-hybridized carbons (Fsp3) is 0.333. The van der Waals surface area contributed by atoms with Crippen molar-refractivity contribution in [2.24, 2.45) is 0 Å². The number of anilines is 1. The van der Waals surface area contributed by atoms with E-state index in [0.717, 1.165) is 47.4 Å². The third-order valence-corrected chi connectivity index (χ3v) is 6.11. The van der Waals surface area contributed by atoms with Crippen LogP contribution in [0.15, 0.2) is 10.5 Å². The van der Waals surface area contributed by atoms with Crippen LogP contribution in [-0.4, -0.2) is 17.0 Å². The third-order valence-electron chi connectivity index (χ3n) is 2.51. The second-order valence-electron chi connectivity index (χ2n) is 3.89. The number of nitrogens with zero attached hydrogens (tertiary/aromatic N) is 2. The first-order valence-corrected chi connectivity index (χ1v) is 8.82. The molecular formula is C12H12BrClIN3S. The molecule has 2 rings (SSSR count). The topological polar surface area (TPSA) is 37.8 Å². The maximum Gasteiger partial charge on any atom is 0.172 e. The van der Waals surface area contributed by atoms with E-state index in [4.69, 9.17) is 11.6 Å². The average Bonchev–Trinajstić information content (AvgIpc) is 2.72. The summed E-state index contributed by atoms with van der Waals surface area (Å²) in [4.78, 5) is 10.2. The first-order chi connectivity index (χ1) is 9.06. The average molecular weight is 473 g/mol. The first kappa shape index (κ1) is 15.5. The lowest BCUT2D eigenvalue weighted by Crippen LogP contribution is -2.04. The van der Waals surface area contributed by atoms with E-state index in [2.05, 4.69) is 60.7 Å². The summed E-state index contributed by atoms with van der Waals surface area (Å²) in [5.74, 6) is 1.60. The van der Waals surface area contributed by atoms with Crippen LogP contribution in [0.4, 0.5) is 5.82 Å². The Bertz CT molecular complexity index is 583. The van der Waals surface area contributed by atoms with Gasteiger partial charge in [-0.15, -0.1) is 11.3 Å². The minimum absolute atomic E-state index is 0.722. The molecule has 0 radical (unpaired) electrons. The molecule has 0 fully saturated rings. The van der Waals surface area contributed by atoms with Crippen molar-refractivity contribution >= 4 is 67.3 Å². The fourth-order valence-corrected chi connectivity index (χ4v) is 4.05. The molecule has 0 aliphatic heterocycles. The quantitative estimate of drug-likeness (QED) is 0.620. The van der Waals surface area contributed by atoms with Gasteiger partial charge < -0.3 is 5.32 Å². The smallest absolute Gasteiger partial charge is 0.172 e. The summed E-state index contributed by atoms with van der Waals surface area (Å²) >= 11 is 13.3. The number of hydrogen-bond donors (Lipinski definition) is 1. The van der Waals surface area contributed by atoms with Crippen molar-refractivity contribution in [2.75, 3.05) is 12.4 Å². The Morgan fingerprint density at radius 3 is 2.74 bits per heavy atom. The van der Waals surface area contributed by atoms with Crippen LogP contribution in [0.2, 0.25) is 4.34 Å². The van der Waals surface area contributed by atoms with Gasteiger partial charge in [-0.2, -0.15) is 0 Å². The molecule has 0 bridgehead atoms. The standard InChI is InChI=1S/C12H12BrClIN3S/c1-3-4-7-9(15)12(16-2)18-11(17-7)8-5-6(13)10(14)19-8/h5H,3-4H2,1-2H3,(H,16,17,18). The molecular weight excluding hydrogens is 460 g/mol. The molecule has 2 heterocycles. The lowest BCUT2D eigenvalue weighted by molar-refractivity contribution is 0.868. The van der Waals surface area contributed by atoms with Gasteiger partial charge in [-0.25, -0.2) is 9.97 Å². The van der Waals surface area contributed by atoms with Gasteiger partial charge >= 0.3 is 0 Å². The van der Waals surface area contributed by atoms with E-state index in [1.165, 1.54) is 11.3 Å². The molecule has 0 aliphatic carbocycles. The Morgan fingerprint density at radius 2 is 2.21 bits per heavy atom. The predicted octanol–water partition coefficient (Wildman–Crippen LogP) is 5.22. The molecule has 2 aromatic heterocycles. The van der Waals surface area contributed by atoms with Crippen molar-refractivity contribution in [1.29, 1.82) is 0 Å². The molecule has 0 saturated heterocycles. The molecule has 1 N–H and O–H groups in total. The van der Waals surface area contributed by atoms with E-state index in [9.17, 15) is 0 Å². The maximum atomic E-state index is 6.08.